The van der Waals surface area contributed by atoms with E-state index in [2.05, 4.69) is 44.2 Å². The average Bonchev–Trinajstić information content (AvgIpc) is 2.61. The van der Waals surface area contributed by atoms with Gasteiger partial charge in [-0.1, -0.05) is 27.2 Å². The number of thioether (sulfide) groups is 1. The third-order valence-corrected chi connectivity index (χ3v) is 4.51. The molecule has 0 bridgehead atoms. The molecule has 1 rings (SSSR count). The van der Waals surface area contributed by atoms with Crippen molar-refractivity contribution < 1.29 is 4.79 Å². The lowest BCUT2D eigenvalue weighted by molar-refractivity contribution is -0.132. The monoisotopic (exact) mass is 258 g/mol. The Bertz CT molecular complexity index is 260. The zero-order valence-corrected chi connectivity index (χ0v) is 12.5. The van der Waals surface area contributed by atoms with Crippen LogP contribution < -0.4 is 5.32 Å². The fourth-order valence-electron chi connectivity index (χ4n) is 2.49. The maximum Gasteiger partial charge on any atom is 0.241 e. The van der Waals surface area contributed by atoms with Crippen molar-refractivity contribution in [1.82, 2.24) is 10.2 Å². The first-order valence-electron chi connectivity index (χ1n) is 6.63. The average molecular weight is 258 g/mol. The van der Waals surface area contributed by atoms with Crippen molar-refractivity contribution in [2.24, 2.45) is 5.92 Å². The van der Waals surface area contributed by atoms with Gasteiger partial charge in [-0.2, -0.15) is 11.8 Å². The molecule has 1 saturated heterocycles. The lowest BCUT2D eigenvalue weighted by atomic mass is 9.99. The second kappa shape index (κ2) is 6.64. The second-order valence-electron chi connectivity index (χ2n) is 4.97. The van der Waals surface area contributed by atoms with Gasteiger partial charge < -0.3 is 4.90 Å². The van der Waals surface area contributed by atoms with Crippen LogP contribution in [0.2, 0.25) is 0 Å². The van der Waals surface area contributed by atoms with Gasteiger partial charge in [0.1, 0.15) is 0 Å². The number of carbonyl (C=O) groups excluding carboxylic acids is 1. The molecule has 0 saturated carbocycles. The van der Waals surface area contributed by atoms with Gasteiger partial charge in [0.05, 0.1) is 12.2 Å². The van der Waals surface area contributed by atoms with Crippen molar-refractivity contribution in [3.8, 4) is 0 Å². The lowest BCUT2D eigenvalue weighted by Gasteiger charge is -2.30. The largest absolute Gasteiger partial charge is 0.322 e. The van der Waals surface area contributed by atoms with E-state index in [1.165, 1.54) is 0 Å². The van der Waals surface area contributed by atoms with Gasteiger partial charge in [0.25, 0.3) is 0 Å². The summed E-state index contributed by atoms with van der Waals surface area (Å²) in [7, 11) is 0. The minimum atomic E-state index is 0.0194. The van der Waals surface area contributed by atoms with E-state index in [1.807, 2.05) is 11.8 Å². The highest BCUT2D eigenvalue weighted by Crippen LogP contribution is 2.23. The van der Waals surface area contributed by atoms with Crippen LogP contribution >= 0.6 is 11.8 Å². The standard InChI is InChI=1S/C13H26N2OS/c1-6-9(3)12-13(16)15(10(4)14-12)11(7-2)8-17-5/h9-12,14H,6-8H2,1-5H3. The molecule has 0 spiro atoms. The van der Waals surface area contributed by atoms with E-state index in [-0.39, 0.29) is 12.2 Å². The number of carbonyl (C=O) groups is 1. The van der Waals surface area contributed by atoms with E-state index in [0.29, 0.717) is 17.9 Å². The lowest BCUT2D eigenvalue weighted by Crippen LogP contribution is -2.44. The van der Waals surface area contributed by atoms with Crippen LogP contribution in [0, 0.1) is 5.92 Å². The highest BCUT2D eigenvalue weighted by atomic mass is 32.2. The molecule has 0 aromatic rings. The van der Waals surface area contributed by atoms with Crippen molar-refractivity contribution in [2.45, 2.75) is 58.8 Å². The van der Waals surface area contributed by atoms with Crippen molar-refractivity contribution in [3.05, 3.63) is 0 Å². The van der Waals surface area contributed by atoms with Crippen molar-refractivity contribution in [2.75, 3.05) is 12.0 Å². The maximum absolute atomic E-state index is 12.4. The number of nitrogens with zero attached hydrogens (tertiary/aromatic N) is 1. The number of rotatable bonds is 6. The fraction of sp³-hybridized carbons (Fsp3) is 0.923. The maximum atomic E-state index is 12.4. The summed E-state index contributed by atoms with van der Waals surface area (Å²) < 4.78 is 0. The molecule has 17 heavy (non-hydrogen) atoms. The minimum absolute atomic E-state index is 0.0194. The molecule has 1 N–H and O–H groups in total. The molecular weight excluding hydrogens is 232 g/mol. The number of hydrogen-bond acceptors (Lipinski definition) is 3. The Kier molecular flexibility index (Phi) is 5.80. The van der Waals surface area contributed by atoms with E-state index in [4.69, 9.17) is 0 Å². The Morgan fingerprint density at radius 1 is 1.41 bits per heavy atom. The zero-order valence-electron chi connectivity index (χ0n) is 11.7. The molecule has 1 aliphatic rings. The first kappa shape index (κ1) is 14.8. The third-order valence-electron chi connectivity index (χ3n) is 3.80. The fourth-order valence-corrected chi connectivity index (χ4v) is 3.27. The first-order valence-corrected chi connectivity index (χ1v) is 8.03. The van der Waals surface area contributed by atoms with Crippen LogP contribution in [-0.2, 0) is 4.79 Å². The highest BCUT2D eigenvalue weighted by molar-refractivity contribution is 7.98. The summed E-state index contributed by atoms with van der Waals surface area (Å²) >= 11 is 1.82. The van der Waals surface area contributed by atoms with Crippen LogP contribution in [0.25, 0.3) is 0 Å². The summed E-state index contributed by atoms with van der Waals surface area (Å²) in [6.45, 7) is 8.56. The second-order valence-corrected chi connectivity index (χ2v) is 5.88. The molecule has 4 unspecified atom stereocenters. The van der Waals surface area contributed by atoms with E-state index < -0.39 is 0 Å². The highest BCUT2D eigenvalue weighted by Gasteiger charge is 2.41. The Morgan fingerprint density at radius 2 is 2.06 bits per heavy atom. The summed E-state index contributed by atoms with van der Waals surface area (Å²) in [6.07, 6.45) is 4.36. The molecule has 1 fully saturated rings. The van der Waals surface area contributed by atoms with Crippen LogP contribution in [-0.4, -0.2) is 41.1 Å². The summed E-state index contributed by atoms with van der Waals surface area (Å²) in [5.41, 5.74) is 0. The SMILES string of the molecule is CCC(C)C1NC(C)N(C(CC)CSC)C1=O. The Labute approximate surface area is 110 Å². The molecule has 4 atom stereocenters. The van der Waals surface area contributed by atoms with E-state index in [9.17, 15) is 4.79 Å². The van der Waals surface area contributed by atoms with Gasteiger partial charge in [-0.3, -0.25) is 10.1 Å². The van der Waals surface area contributed by atoms with Gasteiger partial charge in [0.2, 0.25) is 5.91 Å². The van der Waals surface area contributed by atoms with E-state index in [1.54, 1.807) is 0 Å². The molecule has 100 valence electrons. The van der Waals surface area contributed by atoms with Crippen molar-refractivity contribution in [3.63, 3.8) is 0 Å². The normalized spacial score (nSPS) is 28.5. The minimum Gasteiger partial charge on any atom is -0.322 e. The van der Waals surface area contributed by atoms with Crippen LogP contribution in [0.4, 0.5) is 0 Å². The molecule has 1 amide bonds. The summed E-state index contributed by atoms with van der Waals surface area (Å²) in [4.78, 5) is 14.5. The van der Waals surface area contributed by atoms with Gasteiger partial charge in [-0.05, 0) is 25.5 Å². The smallest absolute Gasteiger partial charge is 0.241 e. The molecule has 4 heteroatoms. The third kappa shape index (κ3) is 3.16. The van der Waals surface area contributed by atoms with Gasteiger partial charge in [-0.15, -0.1) is 0 Å². The van der Waals surface area contributed by atoms with Crippen molar-refractivity contribution in [1.29, 1.82) is 0 Å². The molecule has 0 radical (unpaired) electrons. The number of nitrogens with one attached hydrogen (secondary N) is 1. The molecule has 0 aliphatic carbocycles. The summed E-state index contributed by atoms with van der Waals surface area (Å²) in [6, 6.07) is 0.389. The Morgan fingerprint density at radius 3 is 2.53 bits per heavy atom. The molecule has 1 aliphatic heterocycles. The summed E-state index contributed by atoms with van der Waals surface area (Å²) in [5, 5.41) is 3.44. The van der Waals surface area contributed by atoms with Crippen LogP contribution in [0.15, 0.2) is 0 Å². The quantitative estimate of drug-likeness (QED) is 0.793. The van der Waals surface area contributed by atoms with Crippen LogP contribution in [0.5, 0.6) is 0 Å². The van der Waals surface area contributed by atoms with E-state index in [0.717, 1.165) is 18.6 Å². The number of amides is 1. The van der Waals surface area contributed by atoms with Crippen molar-refractivity contribution >= 4 is 17.7 Å². The molecule has 0 aromatic heterocycles. The zero-order chi connectivity index (χ0) is 13.0. The number of hydrogen-bond donors (Lipinski definition) is 1. The van der Waals surface area contributed by atoms with E-state index >= 15 is 0 Å². The first-order chi connectivity index (χ1) is 8.06. The predicted octanol–water partition coefficient (Wildman–Crippen LogP) is 2.32. The molecular formula is C13H26N2OS. The van der Waals surface area contributed by atoms with Crippen LogP contribution in [0.3, 0.4) is 0 Å². The predicted molar refractivity (Wildman–Crippen MR) is 75.1 cm³/mol. The van der Waals surface area contributed by atoms with Gasteiger partial charge in [-0.25, -0.2) is 0 Å². The summed E-state index contributed by atoms with van der Waals surface area (Å²) in [5.74, 6) is 1.75. The topological polar surface area (TPSA) is 32.3 Å². The molecule has 0 aromatic carbocycles. The van der Waals surface area contributed by atoms with Crippen LogP contribution in [0.1, 0.15) is 40.5 Å². The molecule has 1 heterocycles. The van der Waals surface area contributed by atoms with Gasteiger partial charge >= 0.3 is 0 Å². The Hall–Kier alpha value is -0.220. The van der Waals surface area contributed by atoms with Gasteiger partial charge in [0.15, 0.2) is 0 Å². The Balaban J connectivity index is 2.76. The van der Waals surface area contributed by atoms with Gasteiger partial charge in [0, 0.05) is 11.8 Å². The molecule has 3 nitrogen and oxygen atoms in total.